The molecule has 0 aromatic heterocycles. The van der Waals surface area contributed by atoms with E-state index in [0.29, 0.717) is 13.2 Å². The van der Waals surface area contributed by atoms with Crippen molar-refractivity contribution in [1.29, 1.82) is 0 Å². The SMILES string of the molecule is CC(NC(=O)CNC1(c2cccc(Br)c2)CCOCC1)c1cccc2ccccc12. The number of halogens is 1. The fourth-order valence-electron chi connectivity index (χ4n) is 4.32. The van der Waals surface area contributed by atoms with Crippen LogP contribution >= 0.6 is 15.9 Å². The van der Waals surface area contributed by atoms with Crippen LogP contribution in [0.3, 0.4) is 0 Å². The van der Waals surface area contributed by atoms with E-state index < -0.39 is 0 Å². The van der Waals surface area contributed by atoms with Crippen molar-refractivity contribution in [2.24, 2.45) is 0 Å². The molecule has 3 aromatic carbocycles. The molecule has 0 radical (unpaired) electrons. The third-order valence-electron chi connectivity index (χ3n) is 5.98. The zero-order valence-corrected chi connectivity index (χ0v) is 18.7. The highest BCUT2D eigenvalue weighted by Gasteiger charge is 2.34. The first-order chi connectivity index (χ1) is 14.6. The number of amides is 1. The Bertz CT molecular complexity index is 1030. The number of ether oxygens (including phenoxy) is 1. The molecule has 1 heterocycles. The molecule has 0 bridgehead atoms. The fourth-order valence-corrected chi connectivity index (χ4v) is 4.72. The molecule has 156 valence electrons. The van der Waals surface area contributed by atoms with Crippen LogP contribution in [0.15, 0.2) is 71.2 Å². The Morgan fingerprint density at radius 2 is 1.80 bits per heavy atom. The molecule has 0 spiro atoms. The number of carbonyl (C=O) groups excluding carboxylic acids is 1. The summed E-state index contributed by atoms with van der Waals surface area (Å²) in [4.78, 5) is 12.8. The molecule has 1 saturated heterocycles. The molecule has 1 aliphatic rings. The highest BCUT2D eigenvalue weighted by molar-refractivity contribution is 9.10. The molecule has 1 amide bonds. The fraction of sp³-hybridized carbons (Fsp3) is 0.320. The highest BCUT2D eigenvalue weighted by Crippen LogP contribution is 2.33. The van der Waals surface area contributed by atoms with Crippen LogP contribution in [0.4, 0.5) is 0 Å². The summed E-state index contributed by atoms with van der Waals surface area (Å²) in [6, 6.07) is 22.8. The minimum Gasteiger partial charge on any atom is -0.381 e. The van der Waals surface area contributed by atoms with Crippen LogP contribution in [-0.2, 0) is 15.1 Å². The van der Waals surface area contributed by atoms with Gasteiger partial charge in [0.25, 0.3) is 0 Å². The summed E-state index contributed by atoms with van der Waals surface area (Å²) in [6.07, 6.45) is 1.69. The van der Waals surface area contributed by atoms with E-state index in [1.54, 1.807) is 0 Å². The Kier molecular flexibility index (Phi) is 6.52. The van der Waals surface area contributed by atoms with Crippen LogP contribution in [0.25, 0.3) is 10.8 Å². The number of carbonyl (C=O) groups is 1. The number of nitrogens with one attached hydrogen (secondary N) is 2. The van der Waals surface area contributed by atoms with Crippen molar-refractivity contribution in [2.45, 2.75) is 31.3 Å². The zero-order valence-electron chi connectivity index (χ0n) is 17.2. The van der Waals surface area contributed by atoms with Crippen LogP contribution in [0, 0.1) is 0 Å². The minimum atomic E-state index is -0.248. The van der Waals surface area contributed by atoms with Gasteiger partial charge in [0.1, 0.15) is 0 Å². The third kappa shape index (κ3) is 4.59. The first kappa shape index (κ1) is 21.0. The highest BCUT2D eigenvalue weighted by atomic mass is 79.9. The molecule has 1 fully saturated rings. The van der Waals surface area contributed by atoms with Crippen LogP contribution in [0.1, 0.15) is 36.9 Å². The number of benzene rings is 3. The van der Waals surface area contributed by atoms with Gasteiger partial charge in [0.2, 0.25) is 5.91 Å². The van der Waals surface area contributed by atoms with E-state index in [1.165, 1.54) is 16.3 Å². The molecule has 4 rings (SSSR count). The van der Waals surface area contributed by atoms with Gasteiger partial charge in [-0.05, 0) is 53.8 Å². The van der Waals surface area contributed by atoms with Crippen molar-refractivity contribution < 1.29 is 9.53 Å². The third-order valence-corrected chi connectivity index (χ3v) is 6.47. The summed E-state index contributed by atoms with van der Waals surface area (Å²) in [5, 5.41) is 9.09. The van der Waals surface area contributed by atoms with Crippen LogP contribution in [0.2, 0.25) is 0 Å². The molecule has 30 heavy (non-hydrogen) atoms. The predicted octanol–water partition coefficient (Wildman–Crippen LogP) is 5.08. The Morgan fingerprint density at radius 3 is 2.60 bits per heavy atom. The van der Waals surface area contributed by atoms with Gasteiger partial charge in [-0.15, -0.1) is 0 Å². The van der Waals surface area contributed by atoms with Gasteiger partial charge in [-0.2, -0.15) is 0 Å². The molecule has 0 saturated carbocycles. The molecule has 3 aromatic rings. The molecule has 1 atom stereocenters. The molecular formula is C25H27BrN2O2. The van der Waals surface area contributed by atoms with Crippen molar-refractivity contribution >= 4 is 32.6 Å². The van der Waals surface area contributed by atoms with Gasteiger partial charge < -0.3 is 10.1 Å². The van der Waals surface area contributed by atoms with E-state index in [-0.39, 0.29) is 24.0 Å². The molecule has 0 aliphatic carbocycles. The molecule has 2 N–H and O–H groups in total. The Balaban J connectivity index is 1.46. The van der Waals surface area contributed by atoms with Crippen molar-refractivity contribution in [2.75, 3.05) is 19.8 Å². The maximum Gasteiger partial charge on any atom is 0.234 e. The first-order valence-electron chi connectivity index (χ1n) is 10.4. The van der Waals surface area contributed by atoms with Crippen molar-refractivity contribution in [1.82, 2.24) is 10.6 Å². The summed E-state index contributed by atoms with van der Waals surface area (Å²) in [5.41, 5.74) is 2.08. The van der Waals surface area contributed by atoms with Gasteiger partial charge in [0.05, 0.1) is 12.6 Å². The lowest BCUT2D eigenvalue weighted by molar-refractivity contribution is -0.121. The van der Waals surface area contributed by atoms with Crippen LogP contribution < -0.4 is 10.6 Å². The predicted molar refractivity (Wildman–Crippen MR) is 124 cm³/mol. The van der Waals surface area contributed by atoms with Gasteiger partial charge in [-0.1, -0.05) is 70.5 Å². The second-order valence-corrected chi connectivity index (χ2v) is 8.83. The summed E-state index contributed by atoms with van der Waals surface area (Å²) in [6.45, 7) is 3.68. The molecular weight excluding hydrogens is 440 g/mol. The maximum absolute atomic E-state index is 12.8. The monoisotopic (exact) mass is 466 g/mol. The lowest BCUT2D eigenvalue weighted by atomic mass is 9.82. The standard InChI is InChI=1S/C25H27BrN2O2/c1-18(22-11-4-7-19-6-2-3-10-23(19)22)28-24(29)17-27-25(12-14-30-15-13-25)20-8-5-9-21(26)16-20/h2-11,16,18,27H,12-15,17H2,1H3,(H,28,29). The van der Waals surface area contributed by atoms with Crippen LogP contribution in [-0.4, -0.2) is 25.7 Å². The van der Waals surface area contributed by atoms with Gasteiger partial charge in [0.15, 0.2) is 0 Å². The number of hydrogen-bond acceptors (Lipinski definition) is 3. The van der Waals surface area contributed by atoms with E-state index in [4.69, 9.17) is 4.74 Å². The smallest absolute Gasteiger partial charge is 0.234 e. The Labute approximate surface area is 186 Å². The van der Waals surface area contributed by atoms with E-state index >= 15 is 0 Å². The van der Waals surface area contributed by atoms with E-state index in [0.717, 1.165) is 22.9 Å². The lowest BCUT2D eigenvalue weighted by Crippen LogP contribution is -2.50. The number of rotatable bonds is 6. The second-order valence-electron chi connectivity index (χ2n) is 7.92. The largest absolute Gasteiger partial charge is 0.381 e. The van der Waals surface area contributed by atoms with Gasteiger partial charge in [0, 0.05) is 23.2 Å². The molecule has 1 aliphatic heterocycles. The van der Waals surface area contributed by atoms with Crippen molar-refractivity contribution in [3.63, 3.8) is 0 Å². The second kappa shape index (κ2) is 9.29. The van der Waals surface area contributed by atoms with Gasteiger partial charge in [-0.3, -0.25) is 10.1 Å². The minimum absolute atomic E-state index is 0.00343. The maximum atomic E-state index is 12.8. The Hall–Kier alpha value is -2.21. The number of fused-ring (bicyclic) bond motifs is 1. The molecule has 5 heteroatoms. The lowest BCUT2D eigenvalue weighted by Gasteiger charge is -2.39. The van der Waals surface area contributed by atoms with Gasteiger partial charge in [-0.25, -0.2) is 0 Å². The van der Waals surface area contributed by atoms with Crippen LogP contribution in [0.5, 0.6) is 0 Å². The summed E-state index contributed by atoms with van der Waals surface area (Å²) in [5.74, 6) is -0.00343. The first-order valence-corrected chi connectivity index (χ1v) is 11.2. The quantitative estimate of drug-likeness (QED) is 0.532. The molecule has 4 nitrogen and oxygen atoms in total. The van der Waals surface area contributed by atoms with Crippen molar-refractivity contribution in [3.8, 4) is 0 Å². The van der Waals surface area contributed by atoms with E-state index in [1.807, 2.05) is 37.3 Å². The van der Waals surface area contributed by atoms with E-state index in [2.05, 4.69) is 63.0 Å². The summed E-state index contributed by atoms with van der Waals surface area (Å²) >= 11 is 3.57. The number of hydrogen-bond donors (Lipinski definition) is 2. The normalized spacial score (nSPS) is 16.9. The molecule has 1 unspecified atom stereocenters. The average Bonchev–Trinajstić information content (AvgIpc) is 2.78. The van der Waals surface area contributed by atoms with Gasteiger partial charge >= 0.3 is 0 Å². The summed E-state index contributed by atoms with van der Waals surface area (Å²) in [7, 11) is 0. The summed E-state index contributed by atoms with van der Waals surface area (Å²) < 4.78 is 6.64. The topological polar surface area (TPSA) is 50.4 Å². The Morgan fingerprint density at radius 1 is 1.07 bits per heavy atom. The van der Waals surface area contributed by atoms with Crippen molar-refractivity contribution in [3.05, 3.63) is 82.3 Å². The van der Waals surface area contributed by atoms with E-state index in [9.17, 15) is 4.79 Å². The zero-order chi connectivity index (χ0) is 21.0. The average molecular weight is 467 g/mol.